The molecular weight excluding hydrogens is 354 g/mol. The van der Waals surface area contributed by atoms with Crippen molar-refractivity contribution in [3.8, 4) is 0 Å². The molecule has 0 aromatic heterocycles. The van der Waals surface area contributed by atoms with E-state index in [1.807, 2.05) is 0 Å². The minimum atomic E-state index is -0.267. The molecule has 0 aliphatic heterocycles. The molecule has 1 N–H and O–H groups in total. The summed E-state index contributed by atoms with van der Waals surface area (Å²) >= 11 is 0. The van der Waals surface area contributed by atoms with Crippen LogP contribution in [0.1, 0.15) is 109 Å². The van der Waals surface area contributed by atoms with Crippen LogP contribution < -0.4 is 0 Å². The van der Waals surface area contributed by atoms with Crippen molar-refractivity contribution in [1.29, 1.82) is 0 Å². The van der Waals surface area contributed by atoms with Gasteiger partial charge in [0.1, 0.15) is 0 Å². The van der Waals surface area contributed by atoms with Crippen LogP contribution in [-0.4, -0.2) is 36.5 Å². The number of aliphatic hydroxyl groups excluding tert-OH is 1. The Morgan fingerprint density at radius 3 is 1.62 bits per heavy atom. The van der Waals surface area contributed by atoms with Crippen LogP contribution in [0.15, 0.2) is 30.3 Å². The molecular formula is C27H50NO+. The SMILES string of the molecule is CCCCCCCCCCCCCCCC[N+](C)(C)[C@@H](O)CCc1ccccc1. The zero-order chi connectivity index (χ0) is 21.2. The van der Waals surface area contributed by atoms with Crippen molar-refractivity contribution >= 4 is 0 Å². The number of unbranched alkanes of at least 4 members (excludes halogenated alkanes) is 13. The molecule has 0 heterocycles. The van der Waals surface area contributed by atoms with E-state index >= 15 is 0 Å². The molecule has 1 rings (SSSR count). The quantitative estimate of drug-likeness (QED) is 0.144. The molecule has 2 heteroatoms. The summed E-state index contributed by atoms with van der Waals surface area (Å²) in [5.41, 5.74) is 1.32. The van der Waals surface area contributed by atoms with Gasteiger partial charge >= 0.3 is 0 Å². The second-order valence-electron chi connectivity index (χ2n) is 9.60. The van der Waals surface area contributed by atoms with Crippen LogP contribution >= 0.6 is 0 Å². The fourth-order valence-electron chi connectivity index (χ4n) is 4.15. The molecule has 1 aromatic carbocycles. The number of rotatable bonds is 19. The Kier molecular flexibility index (Phi) is 15.2. The maximum atomic E-state index is 10.6. The van der Waals surface area contributed by atoms with Crippen molar-refractivity contribution in [2.75, 3.05) is 20.6 Å². The third-order valence-corrected chi connectivity index (χ3v) is 6.43. The van der Waals surface area contributed by atoms with E-state index in [1.165, 1.54) is 95.5 Å². The van der Waals surface area contributed by atoms with Crippen LogP contribution in [-0.2, 0) is 6.42 Å². The van der Waals surface area contributed by atoms with Gasteiger partial charge in [0.25, 0.3) is 0 Å². The molecule has 1 atom stereocenters. The average molecular weight is 405 g/mol. The Morgan fingerprint density at radius 2 is 1.14 bits per heavy atom. The molecule has 0 radical (unpaired) electrons. The second kappa shape index (κ2) is 16.9. The molecule has 0 unspecified atom stereocenters. The van der Waals surface area contributed by atoms with Crippen LogP contribution in [0.2, 0.25) is 0 Å². The van der Waals surface area contributed by atoms with Gasteiger partial charge in [-0.1, -0.05) is 114 Å². The minimum absolute atomic E-state index is 0.267. The van der Waals surface area contributed by atoms with Gasteiger partial charge < -0.3 is 9.59 Å². The Labute approximate surface area is 182 Å². The number of aryl methyl sites for hydroxylation is 1. The molecule has 0 aliphatic carbocycles. The standard InChI is InChI=1S/C27H50NO/c1-4-5-6-7-8-9-10-11-12-13-14-15-16-20-25-28(2,3)27(29)24-23-26-21-18-17-19-22-26/h17-19,21-22,27,29H,4-16,20,23-25H2,1-3H3/q+1/t27-/m0/s1. The van der Waals surface area contributed by atoms with Crippen molar-refractivity contribution in [3.05, 3.63) is 35.9 Å². The molecule has 0 amide bonds. The van der Waals surface area contributed by atoms with Gasteiger partial charge in [0.15, 0.2) is 6.23 Å². The van der Waals surface area contributed by atoms with Crippen LogP contribution in [0.5, 0.6) is 0 Å². The Morgan fingerprint density at radius 1 is 0.690 bits per heavy atom. The maximum Gasteiger partial charge on any atom is 0.190 e. The first kappa shape index (κ1) is 26.2. The van der Waals surface area contributed by atoms with Crippen LogP contribution in [0, 0.1) is 0 Å². The molecule has 0 fully saturated rings. The highest BCUT2D eigenvalue weighted by Crippen LogP contribution is 2.16. The predicted molar refractivity (Wildman–Crippen MR) is 128 cm³/mol. The smallest absolute Gasteiger partial charge is 0.190 e. The monoisotopic (exact) mass is 404 g/mol. The molecule has 0 saturated carbocycles. The normalized spacial score (nSPS) is 13.0. The van der Waals surface area contributed by atoms with E-state index in [1.54, 1.807) is 0 Å². The van der Waals surface area contributed by atoms with Crippen molar-refractivity contribution in [2.45, 2.75) is 116 Å². The zero-order valence-electron chi connectivity index (χ0n) is 19.9. The molecule has 0 saturated heterocycles. The molecule has 168 valence electrons. The van der Waals surface area contributed by atoms with E-state index in [0.717, 1.165) is 23.9 Å². The summed E-state index contributed by atoms with van der Waals surface area (Å²) in [4.78, 5) is 0. The Hall–Kier alpha value is -0.860. The lowest BCUT2D eigenvalue weighted by atomic mass is 10.0. The van der Waals surface area contributed by atoms with Gasteiger partial charge in [-0.05, 0) is 24.8 Å². The predicted octanol–water partition coefficient (Wildman–Crippen LogP) is 7.50. The Balaban J connectivity index is 1.93. The highest BCUT2D eigenvalue weighted by atomic mass is 16.3. The average Bonchev–Trinajstić information content (AvgIpc) is 2.73. The number of hydrogen-bond donors (Lipinski definition) is 1. The van der Waals surface area contributed by atoms with Gasteiger partial charge in [0.2, 0.25) is 0 Å². The van der Waals surface area contributed by atoms with Crippen LogP contribution in [0.4, 0.5) is 0 Å². The lowest BCUT2D eigenvalue weighted by molar-refractivity contribution is -0.937. The third kappa shape index (κ3) is 13.9. The molecule has 0 spiro atoms. The highest BCUT2D eigenvalue weighted by molar-refractivity contribution is 5.14. The maximum absolute atomic E-state index is 10.6. The van der Waals surface area contributed by atoms with Crippen LogP contribution in [0.25, 0.3) is 0 Å². The first-order valence-corrected chi connectivity index (χ1v) is 12.6. The minimum Gasteiger partial charge on any atom is -0.345 e. The van der Waals surface area contributed by atoms with Crippen molar-refractivity contribution in [2.24, 2.45) is 0 Å². The van der Waals surface area contributed by atoms with Gasteiger partial charge in [-0.3, -0.25) is 0 Å². The fourth-order valence-corrected chi connectivity index (χ4v) is 4.15. The van der Waals surface area contributed by atoms with Crippen molar-refractivity contribution in [3.63, 3.8) is 0 Å². The molecule has 1 aromatic rings. The van der Waals surface area contributed by atoms with E-state index in [9.17, 15) is 5.11 Å². The number of nitrogens with zero attached hydrogens (tertiary/aromatic N) is 1. The summed E-state index contributed by atoms with van der Waals surface area (Å²) in [6, 6.07) is 10.5. The zero-order valence-corrected chi connectivity index (χ0v) is 19.9. The lowest BCUT2D eigenvalue weighted by Crippen LogP contribution is -2.49. The highest BCUT2D eigenvalue weighted by Gasteiger charge is 2.24. The molecule has 0 bridgehead atoms. The van der Waals surface area contributed by atoms with Gasteiger partial charge in [0, 0.05) is 6.42 Å². The first-order valence-electron chi connectivity index (χ1n) is 12.6. The lowest BCUT2D eigenvalue weighted by Gasteiger charge is -2.35. The van der Waals surface area contributed by atoms with E-state index in [4.69, 9.17) is 0 Å². The summed E-state index contributed by atoms with van der Waals surface area (Å²) in [5, 5.41) is 10.6. The van der Waals surface area contributed by atoms with Gasteiger partial charge in [-0.15, -0.1) is 0 Å². The summed E-state index contributed by atoms with van der Waals surface area (Å²) in [7, 11) is 4.36. The van der Waals surface area contributed by atoms with Gasteiger partial charge in [-0.2, -0.15) is 0 Å². The first-order chi connectivity index (χ1) is 14.1. The van der Waals surface area contributed by atoms with Crippen LogP contribution in [0.3, 0.4) is 0 Å². The second-order valence-corrected chi connectivity index (χ2v) is 9.60. The number of benzene rings is 1. The third-order valence-electron chi connectivity index (χ3n) is 6.43. The molecule has 0 aliphatic rings. The summed E-state index contributed by atoms with van der Waals surface area (Å²) in [5.74, 6) is 0. The number of hydrogen-bond acceptors (Lipinski definition) is 1. The van der Waals surface area contributed by atoms with E-state index in [0.29, 0.717) is 0 Å². The van der Waals surface area contributed by atoms with Gasteiger partial charge in [0.05, 0.1) is 20.6 Å². The largest absolute Gasteiger partial charge is 0.345 e. The Bertz CT molecular complexity index is 471. The van der Waals surface area contributed by atoms with E-state index < -0.39 is 0 Å². The van der Waals surface area contributed by atoms with Gasteiger partial charge in [-0.25, -0.2) is 0 Å². The molecule has 2 nitrogen and oxygen atoms in total. The van der Waals surface area contributed by atoms with E-state index in [-0.39, 0.29) is 6.23 Å². The number of aliphatic hydroxyl groups is 1. The summed E-state index contributed by atoms with van der Waals surface area (Å²) in [6.45, 7) is 3.37. The van der Waals surface area contributed by atoms with Crippen molar-refractivity contribution < 1.29 is 9.59 Å². The van der Waals surface area contributed by atoms with E-state index in [2.05, 4.69) is 51.4 Å². The number of quaternary nitrogens is 1. The summed E-state index contributed by atoms with van der Waals surface area (Å²) in [6.07, 6.45) is 21.1. The fraction of sp³-hybridized carbons (Fsp3) is 0.778. The topological polar surface area (TPSA) is 20.2 Å². The summed E-state index contributed by atoms with van der Waals surface area (Å²) < 4.78 is 0.727. The van der Waals surface area contributed by atoms with Crippen molar-refractivity contribution in [1.82, 2.24) is 0 Å². The molecule has 29 heavy (non-hydrogen) atoms.